The second kappa shape index (κ2) is 4.52. The standard InChI is InChI=1S/C11H14N4O3/c1-3-4-14-6-15(5-7(2)16)8-9(14)12-11(18)13-10(8)17/h3H,1,4-6H2,2H3,(H2,12,13,17,18). The summed E-state index contributed by atoms with van der Waals surface area (Å²) in [5, 5.41) is 0. The lowest BCUT2D eigenvalue weighted by Crippen LogP contribution is -2.35. The van der Waals surface area contributed by atoms with Crippen LogP contribution in [0, 0.1) is 0 Å². The molecule has 18 heavy (non-hydrogen) atoms. The molecule has 0 unspecified atom stereocenters. The predicted molar refractivity (Wildman–Crippen MR) is 68.1 cm³/mol. The predicted octanol–water partition coefficient (Wildman–Crippen LogP) is -0.578. The molecule has 0 amide bonds. The van der Waals surface area contributed by atoms with E-state index in [-0.39, 0.29) is 12.3 Å². The number of aromatic nitrogens is 2. The number of ketones is 1. The molecular formula is C11H14N4O3. The van der Waals surface area contributed by atoms with E-state index in [0.29, 0.717) is 24.7 Å². The summed E-state index contributed by atoms with van der Waals surface area (Å²) >= 11 is 0. The molecular weight excluding hydrogens is 236 g/mol. The molecule has 2 heterocycles. The van der Waals surface area contributed by atoms with Crippen molar-refractivity contribution in [3.05, 3.63) is 33.5 Å². The topological polar surface area (TPSA) is 89.3 Å². The second-order valence-electron chi connectivity index (χ2n) is 4.16. The fraction of sp³-hybridized carbons (Fsp3) is 0.364. The van der Waals surface area contributed by atoms with Crippen LogP contribution in [0.15, 0.2) is 22.2 Å². The first-order valence-electron chi connectivity index (χ1n) is 5.49. The van der Waals surface area contributed by atoms with Crippen LogP contribution in [0.1, 0.15) is 6.92 Å². The van der Waals surface area contributed by atoms with Crippen LogP contribution >= 0.6 is 0 Å². The number of fused-ring (bicyclic) bond motifs is 1. The van der Waals surface area contributed by atoms with Crippen LogP contribution in [-0.2, 0) is 4.79 Å². The third-order valence-electron chi connectivity index (χ3n) is 2.64. The van der Waals surface area contributed by atoms with Crippen LogP contribution in [0.3, 0.4) is 0 Å². The maximum Gasteiger partial charge on any atom is 0.327 e. The van der Waals surface area contributed by atoms with Gasteiger partial charge < -0.3 is 9.80 Å². The number of nitrogens with one attached hydrogen (secondary N) is 2. The molecule has 0 aromatic carbocycles. The fourth-order valence-electron chi connectivity index (χ4n) is 2.04. The van der Waals surface area contributed by atoms with Crippen LogP contribution in [0.2, 0.25) is 0 Å². The van der Waals surface area contributed by atoms with Crippen molar-refractivity contribution in [2.45, 2.75) is 6.92 Å². The quantitative estimate of drug-likeness (QED) is 0.698. The maximum absolute atomic E-state index is 11.8. The van der Waals surface area contributed by atoms with Gasteiger partial charge in [-0.2, -0.15) is 0 Å². The molecule has 1 aliphatic heterocycles. The van der Waals surface area contributed by atoms with Gasteiger partial charge in [-0.3, -0.25) is 19.6 Å². The van der Waals surface area contributed by atoms with Crippen LogP contribution in [0.4, 0.5) is 11.5 Å². The highest BCUT2D eigenvalue weighted by Crippen LogP contribution is 2.28. The summed E-state index contributed by atoms with van der Waals surface area (Å²) in [5.41, 5.74) is -0.717. The van der Waals surface area contributed by atoms with E-state index in [0.717, 1.165) is 0 Å². The molecule has 0 bridgehead atoms. The van der Waals surface area contributed by atoms with E-state index in [4.69, 9.17) is 0 Å². The van der Waals surface area contributed by atoms with Gasteiger partial charge in [-0.25, -0.2) is 4.79 Å². The lowest BCUT2D eigenvalue weighted by molar-refractivity contribution is -0.115. The van der Waals surface area contributed by atoms with E-state index in [1.165, 1.54) is 6.92 Å². The minimum Gasteiger partial charge on any atom is -0.339 e. The smallest absolute Gasteiger partial charge is 0.327 e. The largest absolute Gasteiger partial charge is 0.339 e. The Morgan fingerprint density at radius 3 is 2.72 bits per heavy atom. The number of carbonyl (C=O) groups excluding carboxylic acids is 1. The molecule has 2 N–H and O–H groups in total. The zero-order valence-corrected chi connectivity index (χ0v) is 10.0. The Kier molecular flexibility index (Phi) is 3.05. The zero-order valence-electron chi connectivity index (χ0n) is 10.0. The van der Waals surface area contributed by atoms with Crippen molar-refractivity contribution in [1.29, 1.82) is 0 Å². The molecule has 1 aliphatic rings. The Labute approximate surface area is 103 Å². The van der Waals surface area contributed by atoms with Crippen molar-refractivity contribution in [2.75, 3.05) is 29.6 Å². The molecule has 1 aromatic heterocycles. The number of hydrogen-bond donors (Lipinski definition) is 2. The van der Waals surface area contributed by atoms with Gasteiger partial charge in [0.15, 0.2) is 0 Å². The van der Waals surface area contributed by atoms with Crippen molar-refractivity contribution in [1.82, 2.24) is 9.97 Å². The Balaban J connectivity index is 2.50. The van der Waals surface area contributed by atoms with E-state index >= 15 is 0 Å². The third kappa shape index (κ3) is 2.06. The number of nitrogens with zero attached hydrogens (tertiary/aromatic N) is 2. The van der Waals surface area contributed by atoms with E-state index in [1.807, 2.05) is 0 Å². The highest BCUT2D eigenvalue weighted by atomic mass is 16.2. The van der Waals surface area contributed by atoms with E-state index in [1.54, 1.807) is 15.9 Å². The number of aromatic amines is 2. The molecule has 0 radical (unpaired) electrons. The van der Waals surface area contributed by atoms with E-state index in [9.17, 15) is 14.4 Å². The highest BCUT2D eigenvalue weighted by molar-refractivity contribution is 5.84. The van der Waals surface area contributed by atoms with Crippen molar-refractivity contribution in [3.63, 3.8) is 0 Å². The summed E-state index contributed by atoms with van der Waals surface area (Å²) in [4.78, 5) is 42.4. The zero-order chi connectivity index (χ0) is 13.3. The molecule has 0 saturated heterocycles. The van der Waals surface area contributed by atoms with Crippen LogP contribution in [-0.4, -0.2) is 35.5 Å². The number of rotatable bonds is 4. The van der Waals surface area contributed by atoms with Gasteiger partial charge in [0.1, 0.15) is 17.3 Å². The molecule has 7 heteroatoms. The molecule has 96 valence electrons. The number of anilines is 2. The Morgan fingerprint density at radius 1 is 1.39 bits per heavy atom. The molecule has 2 rings (SSSR count). The summed E-state index contributed by atoms with van der Waals surface area (Å²) in [6, 6.07) is 0. The maximum atomic E-state index is 11.8. The Bertz CT molecular complexity index is 601. The van der Waals surface area contributed by atoms with Crippen LogP contribution < -0.4 is 21.0 Å². The second-order valence-corrected chi connectivity index (χ2v) is 4.16. The number of carbonyl (C=O) groups is 1. The van der Waals surface area contributed by atoms with Gasteiger partial charge in [-0.05, 0) is 6.92 Å². The summed E-state index contributed by atoms with van der Waals surface area (Å²) in [6.45, 7) is 6.08. The van der Waals surface area contributed by atoms with E-state index < -0.39 is 11.2 Å². The van der Waals surface area contributed by atoms with Gasteiger partial charge in [0.05, 0.1) is 13.2 Å². The number of hydrogen-bond acceptors (Lipinski definition) is 5. The molecule has 7 nitrogen and oxygen atoms in total. The average molecular weight is 250 g/mol. The van der Waals surface area contributed by atoms with Gasteiger partial charge in [0.25, 0.3) is 5.56 Å². The Morgan fingerprint density at radius 2 is 2.11 bits per heavy atom. The minimum absolute atomic E-state index is 0.0491. The average Bonchev–Trinajstić information content (AvgIpc) is 2.56. The number of Topliss-reactive ketones (excluding diaryl/α,β-unsaturated/α-hetero) is 1. The molecule has 0 atom stereocenters. The highest BCUT2D eigenvalue weighted by Gasteiger charge is 2.29. The van der Waals surface area contributed by atoms with Crippen LogP contribution in [0.25, 0.3) is 0 Å². The van der Waals surface area contributed by atoms with Gasteiger partial charge in [-0.1, -0.05) is 6.08 Å². The van der Waals surface area contributed by atoms with Gasteiger partial charge in [0, 0.05) is 6.54 Å². The van der Waals surface area contributed by atoms with E-state index in [2.05, 4.69) is 16.5 Å². The van der Waals surface area contributed by atoms with Crippen molar-refractivity contribution in [2.24, 2.45) is 0 Å². The normalized spacial score (nSPS) is 13.6. The van der Waals surface area contributed by atoms with Gasteiger partial charge >= 0.3 is 5.69 Å². The van der Waals surface area contributed by atoms with Gasteiger partial charge in [0.2, 0.25) is 0 Å². The monoisotopic (exact) mass is 250 g/mol. The molecule has 0 aliphatic carbocycles. The first-order chi connectivity index (χ1) is 8.52. The number of H-pyrrole nitrogens is 2. The first-order valence-corrected chi connectivity index (χ1v) is 5.49. The lowest BCUT2D eigenvalue weighted by Gasteiger charge is -2.18. The van der Waals surface area contributed by atoms with Gasteiger partial charge in [-0.15, -0.1) is 6.58 Å². The summed E-state index contributed by atoms with van der Waals surface area (Å²) in [5.74, 6) is 0.386. The summed E-state index contributed by atoms with van der Waals surface area (Å²) in [7, 11) is 0. The SMILES string of the molecule is C=CCN1CN(CC(C)=O)c2c1[nH]c(=O)[nH]c2=O. The first kappa shape index (κ1) is 12.2. The van der Waals surface area contributed by atoms with Crippen molar-refractivity contribution >= 4 is 17.3 Å². The minimum atomic E-state index is -0.558. The van der Waals surface area contributed by atoms with Crippen molar-refractivity contribution in [3.8, 4) is 0 Å². The van der Waals surface area contributed by atoms with Crippen LogP contribution in [0.5, 0.6) is 0 Å². The lowest BCUT2D eigenvalue weighted by atomic mass is 10.3. The van der Waals surface area contributed by atoms with Crippen molar-refractivity contribution < 1.29 is 4.79 Å². The Hall–Kier alpha value is -2.31. The summed E-state index contributed by atoms with van der Waals surface area (Å²) < 4.78 is 0. The summed E-state index contributed by atoms with van der Waals surface area (Å²) in [6.07, 6.45) is 1.67. The molecule has 1 aromatic rings. The molecule has 0 fully saturated rings. The molecule has 0 spiro atoms. The fourth-order valence-corrected chi connectivity index (χ4v) is 2.04. The third-order valence-corrected chi connectivity index (χ3v) is 2.64. The molecule has 0 saturated carbocycles.